The summed E-state index contributed by atoms with van der Waals surface area (Å²) >= 11 is 0. The number of carbonyl (C=O) groups is 1. The summed E-state index contributed by atoms with van der Waals surface area (Å²) in [6.07, 6.45) is -0.407. The number of piperazine rings is 1. The first-order chi connectivity index (χ1) is 11.1. The first-order valence-corrected chi connectivity index (χ1v) is 9.34. The molecule has 0 aromatic heterocycles. The largest absolute Gasteiger partial charge is 0.444 e. The van der Waals surface area contributed by atoms with Crippen molar-refractivity contribution in [2.24, 2.45) is 0 Å². The van der Waals surface area contributed by atoms with Gasteiger partial charge in [-0.1, -0.05) is 12.1 Å². The number of nitrogens with zero attached hydrogens (tertiary/aromatic N) is 2. The van der Waals surface area contributed by atoms with E-state index < -0.39 is 21.7 Å². The fraction of sp³-hybridized carbons (Fsp3) is 0.562. The fourth-order valence-corrected chi connectivity index (χ4v) is 4.10. The zero-order valence-corrected chi connectivity index (χ0v) is 15.4. The average molecular weight is 355 g/mol. The topological polar surface area (TPSA) is 79.0 Å². The Balaban J connectivity index is 2.07. The fourth-order valence-electron chi connectivity index (χ4n) is 2.47. The molecule has 0 radical (unpaired) electrons. The Hall–Kier alpha value is -1.80. The summed E-state index contributed by atoms with van der Waals surface area (Å²) in [5.74, 6) is 0. The Morgan fingerprint density at radius 1 is 1.12 bits per heavy atom. The number of rotatable bonds is 3. The lowest BCUT2D eigenvalue weighted by molar-refractivity contribution is 0.0192. The van der Waals surface area contributed by atoms with Gasteiger partial charge in [0.2, 0.25) is 10.0 Å². The van der Waals surface area contributed by atoms with Gasteiger partial charge < -0.3 is 15.0 Å². The second kappa shape index (κ2) is 6.98. The van der Waals surface area contributed by atoms with Gasteiger partial charge in [0, 0.05) is 33.2 Å². The molecule has 134 valence electrons. The van der Waals surface area contributed by atoms with Crippen LogP contribution in [-0.2, 0) is 14.8 Å². The van der Waals surface area contributed by atoms with Crippen molar-refractivity contribution in [1.82, 2.24) is 9.21 Å². The van der Waals surface area contributed by atoms with Crippen molar-refractivity contribution in [3.8, 4) is 0 Å². The van der Waals surface area contributed by atoms with Crippen molar-refractivity contribution >= 4 is 21.8 Å². The van der Waals surface area contributed by atoms with E-state index in [9.17, 15) is 13.2 Å². The molecule has 1 N–H and O–H groups in total. The van der Waals surface area contributed by atoms with E-state index >= 15 is 0 Å². The molecule has 8 heteroatoms. The van der Waals surface area contributed by atoms with E-state index in [0.717, 1.165) is 0 Å². The Morgan fingerprint density at radius 2 is 1.71 bits per heavy atom. The van der Waals surface area contributed by atoms with Gasteiger partial charge in [0.25, 0.3) is 0 Å². The van der Waals surface area contributed by atoms with Crippen LogP contribution in [0, 0.1) is 0 Å². The molecule has 1 aromatic rings. The Bertz CT molecular complexity index is 690. The lowest BCUT2D eigenvalue weighted by Gasteiger charge is -2.35. The molecule has 1 aromatic carbocycles. The normalized spacial score (nSPS) is 16.8. The van der Waals surface area contributed by atoms with Crippen LogP contribution in [0.1, 0.15) is 20.8 Å². The van der Waals surface area contributed by atoms with Crippen molar-refractivity contribution in [3.63, 3.8) is 0 Å². The van der Waals surface area contributed by atoms with E-state index in [1.54, 1.807) is 57.0 Å². The molecule has 1 aliphatic rings. The zero-order chi connectivity index (χ0) is 18.0. The zero-order valence-electron chi connectivity index (χ0n) is 14.6. The minimum atomic E-state index is -3.60. The standard InChI is InChI=1S/C16H25N3O4S/c1-16(2,3)23-15(20)18-9-11-19(12-10-18)24(21,22)14-8-6-5-7-13(14)17-4/h5-8,17H,9-12H2,1-4H3. The smallest absolute Gasteiger partial charge is 0.410 e. The first-order valence-electron chi connectivity index (χ1n) is 7.90. The number of anilines is 1. The van der Waals surface area contributed by atoms with Gasteiger partial charge in [0.05, 0.1) is 5.69 Å². The Labute approximate surface area is 143 Å². The number of sulfonamides is 1. The van der Waals surface area contributed by atoms with E-state index in [0.29, 0.717) is 18.8 Å². The van der Waals surface area contributed by atoms with Crippen molar-refractivity contribution in [1.29, 1.82) is 0 Å². The predicted octanol–water partition coefficient (Wildman–Crippen LogP) is 1.97. The molecule has 1 amide bonds. The van der Waals surface area contributed by atoms with Crippen LogP contribution < -0.4 is 5.32 Å². The Morgan fingerprint density at radius 3 is 2.25 bits per heavy atom. The van der Waals surface area contributed by atoms with Gasteiger partial charge >= 0.3 is 6.09 Å². The molecule has 1 aliphatic heterocycles. The summed E-state index contributed by atoms with van der Waals surface area (Å²) in [6.45, 7) is 6.55. The molecule has 0 bridgehead atoms. The maximum Gasteiger partial charge on any atom is 0.410 e. The highest BCUT2D eigenvalue weighted by Gasteiger charge is 2.32. The monoisotopic (exact) mass is 355 g/mol. The van der Waals surface area contributed by atoms with E-state index in [2.05, 4.69) is 5.32 Å². The number of hydrogen-bond donors (Lipinski definition) is 1. The first kappa shape index (κ1) is 18.5. The van der Waals surface area contributed by atoms with Gasteiger partial charge in [-0.15, -0.1) is 0 Å². The molecular formula is C16H25N3O4S. The quantitative estimate of drug-likeness (QED) is 0.897. The number of amides is 1. The number of nitrogens with one attached hydrogen (secondary N) is 1. The third kappa shape index (κ3) is 4.18. The third-order valence-corrected chi connectivity index (χ3v) is 5.62. The van der Waals surface area contributed by atoms with Gasteiger partial charge in [-0.05, 0) is 32.9 Å². The number of ether oxygens (including phenoxy) is 1. The molecular weight excluding hydrogens is 330 g/mol. The number of hydrogen-bond acceptors (Lipinski definition) is 5. The molecule has 0 atom stereocenters. The van der Waals surface area contributed by atoms with Gasteiger partial charge in [0.15, 0.2) is 0 Å². The molecule has 1 heterocycles. The van der Waals surface area contributed by atoms with Gasteiger partial charge in [0.1, 0.15) is 10.5 Å². The number of para-hydroxylation sites is 1. The molecule has 0 unspecified atom stereocenters. The molecule has 0 saturated carbocycles. The molecule has 7 nitrogen and oxygen atoms in total. The summed E-state index contributed by atoms with van der Waals surface area (Å²) < 4.78 is 32.4. The van der Waals surface area contributed by atoms with Crippen LogP contribution in [0.5, 0.6) is 0 Å². The summed E-state index contributed by atoms with van der Waals surface area (Å²) in [7, 11) is -1.91. The second-order valence-electron chi connectivity index (χ2n) is 6.62. The highest BCUT2D eigenvalue weighted by atomic mass is 32.2. The Kier molecular flexibility index (Phi) is 5.39. The van der Waals surface area contributed by atoms with E-state index in [1.165, 1.54) is 4.31 Å². The maximum absolute atomic E-state index is 12.8. The van der Waals surface area contributed by atoms with Crippen LogP contribution in [-0.4, -0.2) is 62.5 Å². The van der Waals surface area contributed by atoms with Crippen LogP contribution in [0.15, 0.2) is 29.2 Å². The molecule has 0 spiro atoms. The van der Waals surface area contributed by atoms with Crippen LogP contribution in [0.3, 0.4) is 0 Å². The lowest BCUT2D eigenvalue weighted by atomic mass is 10.2. The van der Waals surface area contributed by atoms with Crippen molar-refractivity contribution < 1.29 is 17.9 Å². The highest BCUT2D eigenvalue weighted by Crippen LogP contribution is 2.25. The lowest BCUT2D eigenvalue weighted by Crippen LogP contribution is -2.51. The van der Waals surface area contributed by atoms with Gasteiger partial charge in [-0.25, -0.2) is 13.2 Å². The van der Waals surface area contributed by atoms with E-state index in [4.69, 9.17) is 4.74 Å². The maximum atomic E-state index is 12.8. The number of carbonyl (C=O) groups excluding carboxylic acids is 1. The van der Waals surface area contributed by atoms with Crippen molar-refractivity contribution in [2.75, 3.05) is 38.5 Å². The molecule has 1 fully saturated rings. The molecule has 1 saturated heterocycles. The van der Waals surface area contributed by atoms with E-state index in [1.807, 2.05) is 0 Å². The van der Waals surface area contributed by atoms with Crippen molar-refractivity contribution in [2.45, 2.75) is 31.3 Å². The summed E-state index contributed by atoms with van der Waals surface area (Å²) in [6, 6.07) is 6.79. The number of benzene rings is 1. The third-order valence-electron chi connectivity index (χ3n) is 3.66. The molecule has 2 rings (SSSR count). The van der Waals surface area contributed by atoms with Gasteiger partial charge in [-0.3, -0.25) is 0 Å². The summed E-state index contributed by atoms with van der Waals surface area (Å²) in [5, 5.41) is 2.90. The van der Waals surface area contributed by atoms with Crippen LogP contribution in [0.2, 0.25) is 0 Å². The highest BCUT2D eigenvalue weighted by molar-refractivity contribution is 7.89. The minimum Gasteiger partial charge on any atom is -0.444 e. The summed E-state index contributed by atoms with van der Waals surface area (Å²) in [5.41, 5.74) is -0.00136. The SMILES string of the molecule is CNc1ccccc1S(=O)(=O)N1CCN(C(=O)OC(C)(C)C)CC1. The minimum absolute atomic E-state index is 0.248. The average Bonchev–Trinajstić information content (AvgIpc) is 2.53. The molecule has 24 heavy (non-hydrogen) atoms. The van der Waals surface area contributed by atoms with Crippen LogP contribution in [0.25, 0.3) is 0 Å². The van der Waals surface area contributed by atoms with Crippen LogP contribution >= 0.6 is 0 Å². The van der Waals surface area contributed by atoms with Gasteiger partial charge in [-0.2, -0.15) is 4.31 Å². The predicted molar refractivity (Wildman–Crippen MR) is 92.6 cm³/mol. The van der Waals surface area contributed by atoms with Crippen molar-refractivity contribution in [3.05, 3.63) is 24.3 Å². The van der Waals surface area contributed by atoms with Crippen LogP contribution in [0.4, 0.5) is 10.5 Å². The van der Waals surface area contributed by atoms with E-state index in [-0.39, 0.29) is 18.0 Å². The second-order valence-corrected chi connectivity index (χ2v) is 8.52. The molecule has 0 aliphatic carbocycles. The summed E-state index contributed by atoms with van der Waals surface area (Å²) in [4.78, 5) is 13.9.